The number of benzene rings is 3. The highest BCUT2D eigenvalue weighted by Gasteiger charge is 2.22. The largest absolute Gasteiger partial charge is 0.480 e. The number of aromatic amines is 1. The van der Waals surface area contributed by atoms with Crippen molar-refractivity contribution in [3.8, 4) is 0 Å². The van der Waals surface area contributed by atoms with Gasteiger partial charge in [-0.2, -0.15) is 0 Å². The van der Waals surface area contributed by atoms with E-state index in [1.54, 1.807) is 30.3 Å². The molecule has 0 fully saturated rings. The van der Waals surface area contributed by atoms with Crippen LogP contribution in [-0.2, 0) is 11.2 Å². The normalized spacial score (nSPS) is 11.6. The molecule has 0 radical (unpaired) electrons. The third kappa shape index (κ3) is 5.27. The molecule has 1 atom stereocenters. The van der Waals surface area contributed by atoms with Gasteiger partial charge in [0.2, 0.25) is 0 Å². The number of amides is 2. The van der Waals surface area contributed by atoms with E-state index in [2.05, 4.69) is 15.6 Å². The van der Waals surface area contributed by atoms with Crippen molar-refractivity contribution in [2.24, 2.45) is 0 Å². The van der Waals surface area contributed by atoms with Gasteiger partial charge in [0, 0.05) is 10.9 Å². The van der Waals surface area contributed by atoms with Crippen LogP contribution in [0.4, 0.5) is 5.69 Å². The second kappa shape index (κ2) is 9.82. The van der Waals surface area contributed by atoms with Gasteiger partial charge in [-0.3, -0.25) is 9.59 Å². The molecule has 4 N–H and O–H groups in total. The molecule has 0 spiro atoms. The van der Waals surface area contributed by atoms with Gasteiger partial charge in [0.05, 0.1) is 11.3 Å². The molecule has 7 heteroatoms. The fourth-order valence-corrected chi connectivity index (χ4v) is 3.62. The third-order valence-electron chi connectivity index (χ3n) is 5.36. The first-order chi connectivity index (χ1) is 16.0. The summed E-state index contributed by atoms with van der Waals surface area (Å²) >= 11 is 0. The number of nitrogens with one attached hydrogen (secondary N) is 3. The van der Waals surface area contributed by atoms with E-state index in [-0.39, 0.29) is 12.0 Å². The minimum absolute atomic E-state index is 0.188. The minimum Gasteiger partial charge on any atom is -0.480 e. The van der Waals surface area contributed by atoms with Gasteiger partial charge in [0.1, 0.15) is 11.7 Å². The summed E-state index contributed by atoms with van der Waals surface area (Å²) in [5.41, 5.74) is 2.66. The molecule has 4 rings (SSSR count). The van der Waals surface area contributed by atoms with Gasteiger partial charge in [-0.15, -0.1) is 0 Å². The number of aryl methyl sites for hydroxylation is 1. The molecule has 0 aliphatic heterocycles. The van der Waals surface area contributed by atoms with Crippen LogP contribution in [0, 0.1) is 0 Å². The SMILES string of the molecule is O=C(Nc1ccccc1C(=O)N[C@@H](CCc1ccccc1)C(=O)O)c1cc2ccccc2[nH]1. The lowest BCUT2D eigenvalue weighted by molar-refractivity contribution is -0.139. The standard InChI is InChI=1S/C26H23N3O4/c30-24(29-22(26(32)33)15-14-17-8-2-1-3-9-17)19-11-5-7-13-21(19)28-25(31)23-16-18-10-4-6-12-20(18)27-23/h1-13,16,22,27H,14-15H2,(H,28,31)(H,29,30)(H,32,33)/t22-/m0/s1. The Hall–Kier alpha value is -4.39. The lowest BCUT2D eigenvalue weighted by Gasteiger charge is -2.16. The molecule has 4 aromatic rings. The number of aromatic nitrogens is 1. The Labute approximate surface area is 190 Å². The quantitative estimate of drug-likeness (QED) is 0.328. The number of rotatable bonds is 8. The van der Waals surface area contributed by atoms with Gasteiger partial charge in [-0.1, -0.05) is 60.7 Å². The number of H-pyrrole nitrogens is 1. The smallest absolute Gasteiger partial charge is 0.326 e. The molecular weight excluding hydrogens is 418 g/mol. The summed E-state index contributed by atoms with van der Waals surface area (Å²) in [7, 11) is 0. The van der Waals surface area contributed by atoms with E-state index in [4.69, 9.17) is 0 Å². The Kier molecular flexibility index (Phi) is 6.50. The van der Waals surface area contributed by atoms with Gasteiger partial charge >= 0.3 is 5.97 Å². The van der Waals surface area contributed by atoms with Crippen molar-refractivity contribution in [2.75, 3.05) is 5.32 Å². The zero-order chi connectivity index (χ0) is 23.2. The number of carboxylic acids is 1. The number of anilines is 1. The number of carbonyl (C=O) groups excluding carboxylic acids is 2. The van der Waals surface area contributed by atoms with Crippen LogP contribution >= 0.6 is 0 Å². The van der Waals surface area contributed by atoms with Gasteiger partial charge in [0.15, 0.2) is 0 Å². The molecule has 0 saturated carbocycles. The third-order valence-corrected chi connectivity index (χ3v) is 5.36. The molecule has 2 amide bonds. The van der Waals surface area contributed by atoms with Crippen molar-refractivity contribution in [3.63, 3.8) is 0 Å². The number of hydrogen-bond donors (Lipinski definition) is 4. The molecule has 0 unspecified atom stereocenters. The molecule has 0 bridgehead atoms. The minimum atomic E-state index is -1.11. The number of aliphatic carboxylic acids is 1. The summed E-state index contributed by atoms with van der Waals surface area (Å²) in [5.74, 6) is -2.08. The summed E-state index contributed by atoms with van der Waals surface area (Å²) in [5, 5.41) is 15.8. The number of hydrogen-bond acceptors (Lipinski definition) is 3. The van der Waals surface area contributed by atoms with Crippen molar-refractivity contribution < 1.29 is 19.5 Å². The van der Waals surface area contributed by atoms with Gasteiger partial charge < -0.3 is 20.7 Å². The first kappa shape index (κ1) is 21.8. The monoisotopic (exact) mass is 441 g/mol. The summed E-state index contributed by atoms with van der Waals surface area (Å²) in [4.78, 5) is 40.5. The van der Waals surface area contributed by atoms with Crippen LogP contribution in [0.15, 0.2) is 84.9 Å². The fourth-order valence-electron chi connectivity index (χ4n) is 3.62. The topological polar surface area (TPSA) is 111 Å². The van der Waals surface area contributed by atoms with Crippen molar-refractivity contribution in [1.29, 1.82) is 0 Å². The van der Waals surface area contributed by atoms with Gasteiger partial charge in [-0.05, 0) is 42.7 Å². The molecule has 1 aromatic heterocycles. The van der Waals surface area contributed by atoms with E-state index in [1.165, 1.54) is 0 Å². The van der Waals surface area contributed by atoms with Crippen molar-refractivity contribution >= 4 is 34.4 Å². The number of carbonyl (C=O) groups is 3. The van der Waals surface area contributed by atoms with Crippen LogP contribution in [0.25, 0.3) is 10.9 Å². The molecule has 3 aromatic carbocycles. The van der Waals surface area contributed by atoms with E-state index in [1.807, 2.05) is 54.6 Å². The van der Waals surface area contributed by atoms with Crippen LogP contribution in [-0.4, -0.2) is 33.9 Å². The Morgan fingerprint density at radius 3 is 2.30 bits per heavy atom. The molecule has 0 saturated heterocycles. The zero-order valence-corrected chi connectivity index (χ0v) is 17.7. The zero-order valence-electron chi connectivity index (χ0n) is 17.7. The van der Waals surface area contributed by atoms with Gasteiger partial charge in [-0.25, -0.2) is 4.79 Å². The average Bonchev–Trinajstić information content (AvgIpc) is 3.27. The van der Waals surface area contributed by atoms with Crippen LogP contribution < -0.4 is 10.6 Å². The second-order valence-corrected chi connectivity index (χ2v) is 7.66. The van der Waals surface area contributed by atoms with Crippen molar-refractivity contribution in [3.05, 3.63) is 102 Å². The Morgan fingerprint density at radius 1 is 0.848 bits per heavy atom. The maximum Gasteiger partial charge on any atom is 0.326 e. The number of fused-ring (bicyclic) bond motifs is 1. The molecular formula is C26H23N3O4. The summed E-state index contributed by atoms with van der Waals surface area (Å²) in [6.07, 6.45) is 0.755. The van der Waals surface area contributed by atoms with E-state index < -0.39 is 23.8 Å². The summed E-state index contributed by atoms with van der Waals surface area (Å²) < 4.78 is 0. The lowest BCUT2D eigenvalue weighted by atomic mass is 10.0. The highest BCUT2D eigenvalue weighted by atomic mass is 16.4. The first-order valence-corrected chi connectivity index (χ1v) is 10.6. The van der Waals surface area contributed by atoms with Crippen molar-refractivity contribution in [2.45, 2.75) is 18.9 Å². The maximum atomic E-state index is 12.9. The average molecular weight is 441 g/mol. The molecule has 166 valence electrons. The van der Waals surface area contributed by atoms with Crippen LogP contribution in [0.2, 0.25) is 0 Å². The summed E-state index contributed by atoms with van der Waals surface area (Å²) in [6.45, 7) is 0. The second-order valence-electron chi connectivity index (χ2n) is 7.66. The molecule has 0 aliphatic carbocycles. The maximum absolute atomic E-state index is 12.9. The summed E-state index contributed by atoms with van der Waals surface area (Å²) in [6, 6.07) is 24.2. The van der Waals surface area contributed by atoms with E-state index >= 15 is 0 Å². The van der Waals surface area contributed by atoms with E-state index in [0.717, 1.165) is 16.5 Å². The molecule has 7 nitrogen and oxygen atoms in total. The van der Waals surface area contributed by atoms with E-state index in [0.29, 0.717) is 17.8 Å². The molecule has 1 heterocycles. The number of para-hydroxylation sites is 2. The molecule has 0 aliphatic rings. The Balaban J connectivity index is 1.47. The predicted molar refractivity (Wildman–Crippen MR) is 126 cm³/mol. The highest BCUT2D eigenvalue weighted by molar-refractivity contribution is 6.10. The Morgan fingerprint density at radius 2 is 1.55 bits per heavy atom. The predicted octanol–water partition coefficient (Wildman–Crippen LogP) is 4.24. The number of carboxylic acid groups (broad SMARTS) is 1. The van der Waals surface area contributed by atoms with E-state index in [9.17, 15) is 19.5 Å². The Bertz CT molecular complexity index is 1260. The lowest BCUT2D eigenvalue weighted by Crippen LogP contribution is -2.41. The van der Waals surface area contributed by atoms with Crippen molar-refractivity contribution in [1.82, 2.24) is 10.3 Å². The highest BCUT2D eigenvalue weighted by Crippen LogP contribution is 2.19. The molecule has 33 heavy (non-hydrogen) atoms. The van der Waals surface area contributed by atoms with Crippen LogP contribution in [0.5, 0.6) is 0 Å². The van der Waals surface area contributed by atoms with Gasteiger partial charge in [0.25, 0.3) is 11.8 Å². The van der Waals surface area contributed by atoms with Crippen LogP contribution in [0.3, 0.4) is 0 Å². The first-order valence-electron chi connectivity index (χ1n) is 10.6. The fraction of sp³-hybridized carbons (Fsp3) is 0.115. The van der Waals surface area contributed by atoms with Crippen LogP contribution in [0.1, 0.15) is 32.8 Å².